The molecule has 0 bridgehead atoms. The molecule has 0 fully saturated rings. The molecule has 0 saturated heterocycles. The first kappa shape index (κ1) is 10.5. The van der Waals surface area contributed by atoms with Gasteiger partial charge in [0.15, 0.2) is 0 Å². The quantitative estimate of drug-likeness (QED) is 0.703. The van der Waals surface area contributed by atoms with Gasteiger partial charge in [-0.3, -0.25) is 0 Å². The zero-order chi connectivity index (χ0) is 11.5. The first-order chi connectivity index (χ1) is 7.72. The third kappa shape index (κ3) is 1.85. The predicted octanol–water partition coefficient (Wildman–Crippen LogP) is 0.588. The first-order valence-electron chi connectivity index (χ1n) is 4.97. The van der Waals surface area contributed by atoms with Gasteiger partial charge < -0.3 is 16.6 Å². The van der Waals surface area contributed by atoms with Gasteiger partial charge in [0.05, 0.1) is 13.2 Å². The SMILES string of the molecule is Nc1c(CO)nn(Cc2ccccc2)c1N. The van der Waals surface area contributed by atoms with Crippen molar-refractivity contribution in [1.82, 2.24) is 9.78 Å². The van der Waals surface area contributed by atoms with Crippen LogP contribution in [0.3, 0.4) is 0 Å². The Balaban J connectivity index is 2.29. The molecule has 16 heavy (non-hydrogen) atoms. The second-order valence-corrected chi connectivity index (χ2v) is 3.55. The van der Waals surface area contributed by atoms with Gasteiger partial charge in [-0.25, -0.2) is 4.68 Å². The number of benzene rings is 1. The highest BCUT2D eigenvalue weighted by Gasteiger charge is 2.11. The van der Waals surface area contributed by atoms with Gasteiger partial charge in [0, 0.05) is 0 Å². The van der Waals surface area contributed by atoms with Crippen molar-refractivity contribution in [3.05, 3.63) is 41.6 Å². The molecule has 1 aromatic carbocycles. The van der Waals surface area contributed by atoms with E-state index in [-0.39, 0.29) is 6.61 Å². The van der Waals surface area contributed by atoms with E-state index in [0.717, 1.165) is 5.56 Å². The number of hydrogen-bond donors (Lipinski definition) is 3. The molecule has 0 aliphatic carbocycles. The summed E-state index contributed by atoms with van der Waals surface area (Å²) < 4.78 is 1.59. The minimum absolute atomic E-state index is 0.197. The van der Waals surface area contributed by atoms with Gasteiger partial charge >= 0.3 is 0 Å². The average molecular weight is 218 g/mol. The molecule has 0 spiro atoms. The van der Waals surface area contributed by atoms with Crippen LogP contribution in [0.5, 0.6) is 0 Å². The van der Waals surface area contributed by atoms with Crippen LogP contribution in [-0.2, 0) is 13.2 Å². The number of nitrogens with two attached hydrogens (primary N) is 2. The minimum Gasteiger partial charge on any atom is -0.394 e. The Morgan fingerprint density at radius 3 is 2.44 bits per heavy atom. The summed E-state index contributed by atoms with van der Waals surface area (Å²) in [6.07, 6.45) is 0. The van der Waals surface area contributed by atoms with Crippen LogP contribution in [-0.4, -0.2) is 14.9 Å². The van der Waals surface area contributed by atoms with Crippen LogP contribution in [0.1, 0.15) is 11.3 Å². The molecular formula is C11H14N4O. The molecule has 5 N–H and O–H groups in total. The summed E-state index contributed by atoms with van der Waals surface area (Å²) in [5.74, 6) is 0.396. The number of aliphatic hydroxyl groups is 1. The largest absolute Gasteiger partial charge is 0.394 e. The fraction of sp³-hybridized carbons (Fsp3) is 0.182. The van der Waals surface area contributed by atoms with Crippen molar-refractivity contribution < 1.29 is 5.11 Å². The van der Waals surface area contributed by atoms with Crippen molar-refractivity contribution >= 4 is 11.5 Å². The number of nitrogens with zero attached hydrogens (tertiary/aromatic N) is 2. The highest BCUT2D eigenvalue weighted by Crippen LogP contribution is 2.20. The third-order valence-corrected chi connectivity index (χ3v) is 2.43. The molecular weight excluding hydrogens is 204 g/mol. The number of nitrogen functional groups attached to an aromatic ring is 2. The number of aliphatic hydroxyl groups excluding tert-OH is 1. The number of rotatable bonds is 3. The Kier molecular flexibility index (Phi) is 2.78. The highest BCUT2D eigenvalue weighted by atomic mass is 16.3. The topological polar surface area (TPSA) is 90.1 Å². The van der Waals surface area contributed by atoms with Gasteiger partial charge in [-0.1, -0.05) is 30.3 Å². The third-order valence-electron chi connectivity index (χ3n) is 2.43. The lowest BCUT2D eigenvalue weighted by Crippen LogP contribution is -2.06. The fourth-order valence-corrected chi connectivity index (χ4v) is 1.53. The molecule has 0 radical (unpaired) electrons. The Morgan fingerprint density at radius 2 is 1.88 bits per heavy atom. The molecule has 84 valence electrons. The van der Waals surface area contributed by atoms with E-state index in [9.17, 15) is 0 Å². The van der Waals surface area contributed by atoms with Crippen molar-refractivity contribution in [2.75, 3.05) is 11.5 Å². The van der Waals surface area contributed by atoms with E-state index in [2.05, 4.69) is 5.10 Å². The normalized spacial score (nSPS) is 10.6. The molecule has 0 unspecified atom stereocenters. The van der Waals surface area contributed by atoms with Crippen molar-refractivity contribution in [3.63, 3.8) is 0 Å². The van der Waals surface area contributed by atoms with E-state index in [4.69, 9.17) is 16.6 Å². The number of anilines is 2. The average Bonchev–Trinajstić information content (AvgIpc) is 2.58. The summed E-state index contributed by atoms with van der Waals surface area (Å²) in [6, 6.07) is 9.81. The summed E-state index contributed by atoms with van der Waals surface area (Å²) in [5.41, 5.74) is 13.4. The summed E-state index contributed by atoms with van der Waals surface area (Å²) >= 11 is 0. The summed E-state index contributed by atoms with van der Waals surface area (Å²) in [5, 5.41) is 13.2. The lowest BCUT2D eigenvalue weighted by Gasteiger charge is -2.03. The van der Waals surface area contributed by atoms with E-state index in [0.29, 0.717) is 23.7 Å². The molecule has 0 amide bonds. The lowest BCUT2D eigenvalue weighted by molar-refractivity contribution is 0.276. The van der Waals surface area contributed by atoms with Gasteiger partial charge in [0.2, 0.25) is 0 Å². The van der Waals surface area contributed by atoms with Crippen LogP contribution in [0.4, 0.5) is 11.5 Å². The zero-order valence-electron chi connectivity index (χ0n) is 8.80. The van der Waals surface area contributed by atoms with Crippen molar-refractivity contribution in [2.24, 2.45) is 0 Å². The molecule has 5 heteroatoms. The minimum atomic E-state index is -0.197. The molecule has 2 rings (SSSR count). The predicted molar refractivity (Wildman–Crippen MR) is 62.5 cm³/mol. The van der Waals surface area contributed by atoms with Crippen LogP contribution in [0.15, 0.2) is 30.3 Å². The maximum Gasteiger partial charge on any atom is 0.145 e. The lowest BCUT2D eigenvalue weighted by atomic mass is 10.2. The standard InChI is InChI=1S/C11H14N4O/c12-10-9(7-16)14-15(11(10)13)6-8-4-2-1-3-5-8/h1-5,16H,6-7,12-13H2. The molecule has 2 aromatic rings. The molecule has 5 nitrogen and oxygen atoms in total. The van der Waals surface area contributed by atoms with Crippen LogP contribution in [0.2, 0.25) is 0 Å². The fourth-order valence-electron chi connectivity index (χ4n) is 1.53. The second-order valence-electron chi connectivity index (χ2n) is 3.55. The first-order valence-corrected chi connectivity index (χ1v) is 4.97. The Morgan fingerprint density at radius 1 is 1.19 bits per heavy atom. The summed E-state index contributed by atoms with van der Waals surface area (Å²) in [7, 11) is 0. The van der Waals surface area contributed by atoms with Gasteiger partial charge in [-0.2, -0.15) is 5.10 Å². The van der Waals surface area contributed by atoms with E-state index >= 15 is 0 Å². The molecule has 1 aromatic heterocycles. The number of aromatic nitrogens is 2. The maximum atomic E-state index is 9.01. The molecule has 0 saturated carbocycles. The Bertz CT molecular complexity index is 478. The summed E-state index contributed by atoms with van der Waals surface area (Å²) in [6.45, 7) is 0.356. The van der Waals surface area contributed by atoms with Gasteiger partial charge in [0.1, 0.15) is 17.2 Å². The molecule has 1 heterocycles. The smallest absolute Gasteiger partial charge is 0.145 e. The van der Waals surface area contributed by atoms with Gasteiger partial charge in [-0.15, -0.1) is 0 Å². The van der Waals surface area contributed by atoms with Crippen LogP contribution in [0.25, 0.3) is 0 Å². The van der Waals surface area contributed by atoms with Gasteiger partial charge in [-0.05, 0) is 5.56 Å². The second kappa shape index (κ2) is 4.24. The molecule has 0 atom stereocenters. The molecule has 0 aliphatic heterocycles. The van der Waals surface area contributed by atoms with Crippen molar-refractivity contribution in [2.45, 2.75) is 13.2 Å². The van der Waals surface area contributed by atoms with Crippen LogP contribution < -0.4 is 11.5 Å². The van der Waals surface area contributed by atoms with Crippen LogP contribution in [0, 0.1) is 0 Å². The Hall–Kier alpha value is -2.01. The number of hydrogen-bond acceptors (Lipinski definition) is 4. The van der Waals surface area contributed by atoms with Crippen molar-refractivity contribution in [3.8, 4) is 0 Å². The van der Waals surface area contributed by atoms with E-state index in [1.807, 2.05) is 30.3 Å². The van der Waals surface area contributed by atoms with Crippen LogP contribution >= 0.6 is 0 Å². The highest BCUT2D eigenvalue weighted by molar-refractivity contribution is 5.62. The van der Waals surface area contributed by atoms with E-state index in [1.54, 1.807) is 4.68 Å². The monoisotopic (exact) mass is 218 g/mol. The summed E-state index contributed by atoms with van der Waals surface area (Å²) in [4.78, 5) is 0. The van der Waals surface area contributed by atoms with E-state index in [1.165, 1.54) is 0 Å². The maximum absolute atomic E-state index is 9.01. The van der Waals surface area contributed by atoms with Crippen molar-refractivity contribution in [1.29, 1.82) is 0 Å². The van der Waals surface area contributed by atoms with E-state index < -0.39 is 0 Å². The zero-order valence-corrected chi connectivity index (χ0v) is 8.80. The Labute approximate surface area is 93.3 Å². The molecule has 0 aliphatic rings. The van der Waals surface area contributed by atoms with Gasteiger partial charge in [0.25, 0.3) is 0 Å².